The second kappa shape index (κ2) is 18.1. The number of benzene rings is 3. The molecule has 0 spiro atoms. The first-order valence-corrected chi connectivity index (χ1v) is 22.8. The highest BCUT2D eigenvalue weighted by molar-refractivity contribution is 6.07. The predicted octanol–water partition coefficient (Wildman–Crippen LogP) is 6.70. The molecule has 5 aromatic rings. The van der Waals surface area contributed by atoms with Crippen LogP contribution in [0.15, 0.2) is 48.7 Å². The minimum atomic E-state index is -1.25. The molecule has 3 aromatic carbocycles. The lowest BCUT2D eigenvalue weighted by Crippen LogP contribution is -2.54. The number of aromatic nitrogens is 4. The van der Waals surface area contributed by atoms with Crippen LogP contribution in [-0.2, 0) is 30.4 Å². The van der Waals surface area contributed by atoms with Gasteiger partial charge in [-0.3, -0.25) is 14.9 Å². The summed E-state index contributed by atoms with van der Waals surface area (Å²) < 4.78 is 22.0. The summed E-state index contributed by atoms with van der Waals surface area (Å²) in [5, 5.41) is 18.0. The molecule has 5 N–H and O–H groups in total. The fourth-order valence-corrected chi connectivity index (χ4v) is 10.5. The lowest BCUT2D eigenvalue weighted by atomic mass is 9.90. The van der Waals surface area contributed by atoms with Crippen molar-refractivity contribution in [3.8, 4) is 28.1 Å². The highest BCUT2D eigenvalue weighted by Crippen LogP contribution is 2.44. The lowest BCUT2D eigenvalue weighted by Gasteiger charge is -2.36. The third-order valence-electron chi connectivity index (χ3n) is 13.9. The van der Waals surface area contributed by atoms with Crippen LogP contribution in [0.3, 0.4) is 0 Å². The molecule has 6 heterocycles. The molecular weight excluding hydrogens is 817 g/mol. The molecule has 2 aromatic heterocycles. The van der Waals surface area contributed by atoms with Gasteiger partial charge in [0.05, 0.1) is 48.2 Å². The fraction of sp³-hybridized carbons (Fsp3) is 0.521. The number of rotatable bonds is 12. The number of methoxy groups -OCH3 is 2. The molecule has 16 nitrogen and oxygen atoms in total. The maximum absolute atomic E-state index is 14.4. The molecule has 9 rings (SSSR count). The van der Waals surface area contributed by atoms with Crippen molar-refractivity contribution >= 4 is 39.7 Å². The summed E-state index contributed by atoms with van der Waals surface area (Å²) in [6.07, 6.45) is 4.52. The summed E-state index contributed by atoms with van der Waals surface area (Å²) in [6, 6.07) is 12.9. The van der Waals surface area contributed by atoms with Crippen molar-refractivity contribution in [1.82, 2.24) is 40.4 Å². The summed E-state index contributed by atoms with van der Waals surface area (Å²) in [5.41, 5.74) is 6.66. The molecule has 64 heavy (non-hydrogen) atoms. The smallest absolute Gasteiger partial charge is 0.407 e. The zero-order chi connectivity index (χ0) is 44.8. The van der Waals surface area contributed by atoms with Crippen molar-refractivity contribution in [2.24, 2.45) is 17.8 Å². The van der Waals surface area contributed by atoms with Crippen LogP contribution in [0.25, 0.3) is 44.2 Å². The highest BCUT2D eigenvalue weighted by atomic mass is 16.6. The Morgan fingerprint density at radius 2 is 1.78 bits per heavy atom. The zero-order valence-corrected chi connectivity index (χ0v) is 37.5. The topological polar surface area (TPSA) is 196 Å². The SMILES string of the molecule is CC[C@H]1CC[C@@H](c2ncc(-c3ccc4c(c3)COc3cc5c(ccc6nc([C@@H]7C[C@H](C)CN7C(=O)[C@@H](NC(O)OC)C(C)C)[nH]c65)cc3-4)[nH]2)N1C(=O)[C@@H](NC(=O)OC)C1CCOCC1. The predicted molar refractivity (Wildman–Crippen MR) is 240 cm³/mol. The van der Waals surface area contributed by atoms with Gasteiger partial charge in [-0.1, -0.05) is 45.9 Å². The van der Waals surface area contributed by atoms with Gasteiger partial charge in [-0.15, -0.1) is 0 Å². The van der Waals surface area contributed by atoms with Crippen molar-refractivity contribution in [2.45, 2.75) is 109 Å². The number of nitrogens with zero attached hydrogens (tertiary/aromatic N) is 4. The van der Waals surface area contributed by atoms with Crippen LogP contribution in [0, 0.1) is 17.8 Å². The van der Waals surface area contributed by atoms with Crippen molar-refractivity contribution < 1.29 is 38.4 Å². The van der Waals surface area contributed by atoms with E-state index in [9.17, 15) is 19.5 Å². The Hall–Kier alpha value is -5.55. The summed E-state index contributed by atoms with van der Waals surface area (Å²) in [4.78, 5) is 61.8. The van der Waals surface area contributed by atoms with Gasteiger partial charge in [0.15, 0.2) is 0 Å². The molecule has 3 fully saturated rings. The number of hydrogen-bond donors (Lipinski definition) is 5. The van der Waals surface area contributed by atoms with Crippen LogP contribution in [0.2, 0.25) is 0 Å². The Bertz CT molecular complexity index is 2530. The number of likely N-dealkylation sites (tertiary alicyclic amines) is 2. The molecule has 4 aliphatic heterocycles. The number of alkyl carbamates (subject to hydrolysis) is 1. The molecule has 4 aliphatic rings. The first-order chi connectivity index (χ1) is 31.0. The van der Waals surface area contributed by atoms with Crippen molar-refractivity contribution in [2.75, 3.05) is 34.0 Å². The first-order valence-electron chi connectivity index (χ1n) is 22.8. The van der Waals surface area contributed by atoms with Gasteiger partial charge in [0.25, 0.3) is 0 Å². The molecule has 0 aliphatic carbocycles. The first kappa shape index (κ1) is 43.7. The Labute approximate surface area is 372 Å². The maximum Gasteiger partial charge on any atom is 0.407 e. The van der Waals surface area contributed by atoms with Gasteiger partial charge in [0.1, 0.15) is 30.0 Å². The van der Waals surface area contributed by atoms with Crippen LogP contribution in [-0.4, -0.2) is 111 Å². The molecule has 1 unspecified atom stereocenters. The average molecular weight is 877 g/mol. The van der Waals surface area contributed by atoms with E-state index in [4.69, 9.17) is 28.9 Å². The van der Waals surface area contributed by atoms with E-state index in [0.29, 0.717) is 39.2 Å². The highest BCUT2D eigenvalue weighted by Gasteiger charge is 2.44. The minimum absolute atomic E-state index is 0.0249. The molecule has 3 amide bonds. The molecule has 0 radical (unpaired) electrons. The van der Waals surface area contributed by atoms with Crippen molar-refractivity contribution in [3.05, 3.63) is 65.9 Å². The number of carbonyl (C=O) groups excluding carboxylic acids is 3. The Balaban J connectivity index is 0.964. The summed E-state index contributed by atoms with van der Waals surface area (Å²) >= 11 is 0. The molecule has 0 bridgehead atoms. The quantitative estimate of drug-likeness (QED) is 0.0837. The van der Waals surface area contributed by atoms with E-state index in [0.717, 1.165) is 92.8 Å². The lowest BCUT2D eigenvalue weighted by molar-refractivity contribution is -0.145. The number of fused-ring (bicyclic) bond motifs is 6. The largest absolute Gasteiger partial charge is 0.488 e. The van der Waals surface area contributed by atoms with E-state index in [2.05, 4.69) is 70.8 Å². The van der Waals surface area contributed by atoms with Crippen molar-refractivity contribution in [3.63, 3.8) is 0 Å². The number of nitrogens with one attached hydrogen (secondary N) is 4. The maximum atomic E-state index is 14.4. The number of aliphatic hydroxyl groups is 1. The van der Waals surface area contributed by atoms with Crippen LogP contribution in [0.5, 0.6) is 5.75 Å². The van der Waals surface area contributed by atoms with E-state index < -0.39 is 24.6 Å². The summed E-state index contributed by atoms with van der Waals surface area (Å²) in [6.45, 7) is 10.2. The van der Waals surface area contributed by atoms with Gasteiger partial charge >= 0.3 is 6.09 Å². The summed E-state index contributed by atoms with van der Waals surface area (Å²) in [5.74, 6) is 2.20. The number of aromatic amines is 2. The van der Waals surface area contributed by atoms with Gasteiger partial charge in [-0.05, 0) is 103 Å². The number of imidazole rings is 2. The normalized spacial score (nSPS) is 22.6. The standard InChI is InChI=1S/C48H60N8O8/c1-7-31-10-13-37(56(31)46(58)41(54-48(60)62-6)27-14-16-63-17-15-27)43-49-22-36(51-43)29-8-11-32-30(19-29)24-64-39-21-33-28(20-34(32)39)9-12-35-42(33)52-44(50-35)38-18-26(4)23-55(38)45(57)40(25(2)3)53-47(59)61-5/h8-9,11-12,19-22,25-27,31,37-38,40-41,47,53,59H,7,10,13-18,23-24H2,1-6H3,(H,49,51)(H,50,52)(H,54,60)/t26-,31-,37-,38-,40-,41-,47?/m0/s1. The molecule has 3 saturated heterocycles. The van der Waals surface area contributed by atoms with E-state index in [1.54, 1.807) is 0 Å². The molecule has 7 atom stereocenters. The minimum Gasteiger partial charge on any atom is -0.488 e. The van der Waals surface area contributed by atoms with Gasteiger partial charge in [-0.2, -0.15) is 0 Å². The average Bonchev–Trinajstić information content (AvgIpc) is 4.14. The van der Waals surface area contributed by atoms with E-state index in [1.807, 2.05) is 35.9 Å². The number of amides is 3. The Morgan fingerprint density at radius 1 is 0.969 bits per heavy atom. The fourth-order valence-electron chi connectivity index (χ4n) is 10.5. The Kier molecular flexibility index (Phi) is 12.4. The van der Waals surface area contributed by atoms with Gasteiger partial charge in [-0.25, -0.2) is 14.8 Å². The third kappa shape index (κ3) is 8.20. The van der Waals surface area contributed by atoms with Crippen LogP contribution >= 0.6 is 0 Å². The number of hydrogen-bond acceptors (Lipinski definition) is 11. The molecule has 340 valence electrons. The van der Waals surface area contributed by atoms with Gasteiger partial charge in [0.2, 0.25) is 18.2 Å². The van der Waals surface area contributed by atoms with Gasteiger partial charge in [0, 0.05) is 43.9 Å². The third-order valence-corrected chi connectivity index (χ3v) is 13.9. The molecule has 0 saturated carbocycles. The van der Waals surface area contributed by atoms with E-state index >= 15 is 0 Å². The number of H-pyrrole nitrogens is 2. The second-order valence-corrected chi connectivity index (χ2v) is 18.3. The molecular formula is C48H60N8O8. The van der Waals surface area contributed by atoms with Crippen molar-refractivity contribution in [1.29, 1.82) is 0 Å². The zero-order valence-electron chi connectivity index (χ0n) is 37.5. The summed E-state index contributed by atoms with van der Waals surface area (Å²) in [7, 11) is 2.71. The number of ether oxygens (including phenoxy) is 4. The number of aliphatic hydroxyl groups excluding tert-OH is 1. The van der Waals surface area contributed by atoms with Crippen LogP contribution < -0.4 is 15.4 Å². The van der Waals surface area contributed by atoms with E-state index in [-0.39, 0.29) is 47.7 Å². The van der Waals surface area contributed by atoms with Crippen LogP contribution in [0.4, 0.5) is 4.79 Å². The van der Waals surface area contributed by atoms with Gasteiger partial charge < -0.3 is 49.1 Å². The monoisotopic (exact) mass is 876 g/mol. The number of carbonyl (C=O) groups is 3. The van der Waals surface area contributed by atoms with Crippen LogP contribution in [0.1, 0.15) is 95.5 Å². The second-order valence-electron chi connectivity index (χ2n) is 18.3. The molecule has 16 heteroatoms. The Morgan fingerprint density at radius 3 is 2.53 bits per heavy atom. The van der Waals surface area contributed by atoms with E-state index in [1.165, 1.54) is 14.2 Å².